The van der Waals surface area contributed by atoms with E-state index >= 15 is 0 Å². The first-order chi connectivity index (χ1) is 27.3. The van der Waals surface area contributed by atoms with Crippen LogP contribution in [0.4, 0.5) is 9.59 Å². The van der Waals surface area contributed by atoms with Crippen molar-refractivity contribution >= 4 is 61.3 Å². The number of ether oxygens (including phenoxy) is 2. The number of imidazole rings is 2. The largest absolute Gasteiger partial charge is 0.453 e. The van der Waals surface area contributed by atoms with Gasteiger partial charge in [-0.05, 0) is 79.3 Å². The van der Waals surface area contributed by atoms with Crippen LogP contribution in [0.25, 0.3) is 53.6 Å². The van der Waals surface area contributed by atoms with E-state index in [1.54, 1.807) is 27.3 Å². The third kappa shape index (κ3) is 7.33. The van der Waals surface area contributed by atoms with Crippen LogP contribution in [0.15, 0.2) is 72.9 Å². The molecule has 2 aliphatic heterocycles. The molecule has 5 heterocycles. The van der Waals surface area contributed by atoms with Crippen LogP contribution in [-0.2, 0) is 14.3 Å². The van der Waals surface area contributed by atoms with Crippen molar-refractivity contribution in [2.75, 3.05) is 20.2 Å². The number of nitrogens with one attached hydrogen (secondary N) is 3. The van der Waals surface area contributed by atoms with Crippen molar-refractivity contribution < 1.29 is 23.9 Å². The first kappa shape index (κ1) is 37.8. The van der Waals surface area contributed by atoms with E-state index in [1.165, 1.54) is 7.11 Å². The molecule has 57 heavy (non-hydrogen) atoms. The third-order valence-electron chi connectivity index (χ3n) is 10.4. The lowest BCUT2D eigenvalue weighted by atomic mass is 10.0. The number of hydrogen-bond donors (Lipinski definition) is 3. The summed E-state index contributed by atoms with van der Waals surface area (Å²) in [5, 5.41) is 5.89. The number of carbonyl (C=O) groups excluding carboxylic acids is 3. The summed E-state index contributed by atoms with van der Waals surface area (Å²) in [6, 6.07) is 17.4. The predicted molar refractivity (Wildman–Crippen MR) is 222 cm³/mol. The maximum Gasteiger partial charge on any atom is 0.411 e. The summed E-state index contributed by atoms with van der Waals surface area (Å²) in [6.07, 6.45) is 1.98. The number of aromatic amines is 2. The van der Waals surface area contributed by atoms with Crippen LogP contribution < -0.4 is 5.32 Å². The number of thiophene rings is 1. The van der Waals surface area contributed by atoms with Crippen molar-refractivity contribution in [3.8, 4) is 33.5 Å². The lowest BCUT2D eigenvalue weighted by molar-refractivity contribution is -0.135. The van der Waals surface area contributed by atoms with Crippen molar-refractivity contribution in [3.63, 3.8) is 0 Å². The Morgan fingerprint density at radius 3 is 2.54 bits per heavy atom. The lowest BCUT2D eigenvalue weighted by Gasteiger charge is -2.31. The van der Waals surface area contributed by atoms with Crippen LogP contribution in [0.1, 0.15) is 71.2 Å². The Kier molecular flexibility index (Phi) is 9.77. The molecule has 1 saturated heterocycles. The third-order valence-corrected chi connectivity index (χ3v) is 11.6. The fourth-order valence-corrected chi connectivity index (χ4v) is 8.66. The molecule has 3 amide bonds. The fourth-order valence-electron chi connectivity index (χ4n) is 7.56. The summed E-state index contributed by atoms with van der Waals surface area (Å²) in [5.41, 5.74) is 4.90. The number of carbonyl (C=O) groups is 3. The minimum atomic E-state index is -0.742. The van der Waals surface area contributed by atoms with Crippen LogP contribution in [0.2, 0.25) is 0 Å². The van der Waals surface area contributed by atoms with Crippen LogP contribution in [0.5, 0.6) is 0 Å². The van der Waals surface area contributed by atoms with Crippen molar-refractivity contribution in [1.82, 2.24) is 35.1 Å². The van der Waals surface area contributed by atoms with Crippen LogP contribution in [-0.4, -0.2) is 79.7 Å². The molecule has 3 atom stereocenters. The molecule has 0 spiro atoms. The van der Waals surface area contributed by atoms with E-state index in [9.17, 15) is 14.4 Å². The Bertz CT molecular complexity index is 2640. The van der Waals surface area contributed by atoms with Crippen molar-refractivity contribution in [1.29, 1.82) is 0 Å². The smallest absolute Gasteiger partial charge is 0.411 e. The Morgan fingerprint density at radius 1 is 0.982 bits per heavy atom. The van der Waals surface area contributed by atoms with Gasteiger partial charge in [-0.3, -0.25) is 9.69 Å². The minimum absolute atomic E-state index is 0.144. The van der Waals surface area contributed by atoms with Crippen LogP contribution >= 0.6 is 11.3 Å². The second-order valence-electron chi connectivity index (χ2n) is 15.9. The average molecular weight is 784 g/mol. The number of H-pyrrole nitrogens is 2. The summed E-state index contributed by atoms with van der Waals surface area (Å²) < 4.78 is 11.6. The number of nitrogens with zero attached hydrogens (tertiary/aromatic N) is 4. The normalized spacial score (nSPS) is 17.6. The van der Waals surface area contributed by atoms with Gasteiger partial charge in [0.05, 0.1) is 30.0 Å². The number of benzene rings is 3. The Hall–Kier alpha value is -6.13. The number of methoxy groups -OCH3 is 1. The topological polar surface area (TPSA) is 146 Å². The zero-order valence-corrected chi connectivity index (χ0v) is 33.7. The van der Waals surface area contributed by atoms with Crippen LogP contribution in [0.3, 0.4) is 0 Å². The van der Waals surface area contributed by atoms with Gasteiger partial charge < -0.3 is 29.7 Å². The highest BCUT2D eigenvalue weighted by atomic mass is 32.1. The van der Waals surface area contributed by atoms with Gasteiger partial charge in [-0.1, -0.05) is 62.6 Å². The molecule has 13 heteroatoms. The molecule has 0 radical (unpaired) electrons. The average Bonchev–Trinajstić information content (AvgIpc) is 4.00. The SMILES string of the molecule is C=C1CCN(C(=O)[C@@H](NC(=O)OC)C(C)C)[C@@H]1c1nc2c(ccc3cc(-c4cc5ccc(-c6cnc([C@@H]7C#CCCN7C(=O)OC(C)(C)C)[nH]6)cc5s4)ccc32)[nH]1. The van der Waals surface area contributed by atoms with Gasteiger partial charge in [0.1, 0.15) is 29.3 Å². The van der Waals surface area contributed by atoms with E-state index in [0.29, 0.717) is 37.6 Å². The van der Waals surface area contributed by atoms with Gasteiger partial charge >= 0.3 is 12.2 Å². The zero-order chi connectivity index (χ0) is 40.2. The minimum Gasteiger partial charge on any atom is -0.453 e. The number of aromatic nitrogens is 4. The summed E-state index contributed by atoms with van der Waals surface area (Å²) >= 11 is 1.72. The van der Waals surface area contributed by atoms with Gasteiger partial charge in [0.15, 0.2) is 6.04 Å². The summed E-state index contributed by atoms with van der Waals surface area (Å²) in [7, 11) is 1.29. The van der Waals surface area contributed by atoms with E-state index in [4.69, 9.17) is 14.5 Å². The van der Waals surface area contributed by atoms with Gasteiger partial charge in [0.25, 0.3) is 0 Å². The Labute approximate surface area is 334 Å². The van der Waals surface area contributed by atoms with Crippen molar-refractivity contribution in [2.45, 2.75) is 71.2 Å². The number of amides is 3. The molecule has 292 valence electrons. The molecule has 1 fully saturated rings. The first-order valence-electron chi connectivity index (χ1n) is 19.1. The molecular weight excluding hydrogens is 739 g/mol. The molecule has 6 aromatic rings. The zero-order valence-electron chi connectivity index (χ0n) is 32.9. The molecule has 3 aromatic heterocycles. The molecule has 0 aliphatic carbocycles. The molecule has 2 aliphatic rings. The number of likely N-dealkylation sites (tertiary alicyclic amines) is 1. The number of alkyl carbamates (subject to hydrolysis) is 1. The van der Waals surface area contributed by atoms with Gasteiger partial charge in [0, 0.05) is 40.0 Å². The van der Waals surface area contributed by atoms with Crippen molar-refractivity contribution in [2.24, 2.45) is 5.92 Å². The number of rotatable bonds is 7. The second-order valence-corrected chi connectivity index (χ2v) is 17.0. The fraction of sp³-hybridized carbons (Fsp3) is 0.341. The van der Waals surface area contributed by atoms with E-state index in [-0.39, 0.29) is 11.8 Å². The monoisotopic (exact) mass is 783 g/mol. The first-order valence-corrected chi connectivity index (χ1v) is 19.9. The van der Waals surface area contributed by atoms with E-state index < -0.39 is 35.9 Å². The number of hydrogen-bond acceptors (Lipinski definition) is 8. The highest BCUT2D eigenvalue weighted by Crippen LogP contribution is 2.40. The van der Waals surface area contributed by atoms with Gasteiger partial charge in [0.2, 0.25) is 5.91 Å². The van der Waals surface area contributed by atoms with Crippen LogP contribution in [0, 0.1) is 17.8 Å². The highest BCUT2D eigenvalue weighted by molar-refractivity contribution is 7.22. The quantitative estimate of drug-likeness (QED) is 0.108. The lowest BCUT2D eigenvalue weighted by Crippen LogP contribution is -2.51. The molecule has 3 aromatic carbocycles. The maximum atomic E-state index is 13.8. The van der Waals surface area contributed by atoms with Gasteiger partial charge in [-0.2, -0.15) is 0 Å². The molecule has 0 unspecified atom stereocenters. The second kappa shape index (κ2) is 14.7. The van der Waals surface area contributed by atoms with Gasteiger partial charge in [-0.15, -0.1) is 11.3 Å². The van der Waals surface area contributed by atoms with Crippen molar-refractivity contribution in [3.05, 3.63) is 84.6 Å². The molecule has 0 saturated carbocycles. The maximum absolute atomic E-state index is 13.8. The molecule has 12 nitrogen and oxygen atoms in total. The molecular formula is C44H45N7O5S. The summed E-state index contributed by atoms with van der Waals surface area (Å²) in [5.74, 6) is 7.22. The number of fused-ring (bicyclic) bond motifs is 4. The molecule has 0 bridgehead atoms. The van der Waals surface area contributed by atoms with E-state index in [1.807, 2.05) is 40.7 Å². The van der Waals surface area contributed by atoms with E-state index in [2.05, 4.69) is 87.2 Å². The van der Waals surface area contributed by atoms with Gasteiger partial charge in [-0.25, -0.2) is 19.6 Å². The van der Waals surface area contributed by atoms with E-state index in [0.717, 1.165) is 59.2 Å². The highest BCUT2D eigenvalue weighted by Gasteiger charge is 2.39. The predicted octanol–water partition coefficient (Wildman–Crippen LogP) is 8.88. The standard InChI is InChI=1S/C44H45N7O5S/c1-24(2)36(49-42(53)55-7)41(52)51-19-17-25(3)38(51)40-46-31-16-14-26-20-28(13-15-30(26)37(31)48-40)35-22-29-12-11-27(21-34(29)57-35)32-23-45-39(47-32)33-10-8-9-18-50(33)43(54)56-44(4,5)6/h11-16,20-24,33,36,38H,3,9,17-19H2,1-2,4-7H3,(H,45,47)(H,46,48)(H,49,53)/t33-,36-,38-/m0/s1. The molecule has 8 rings (SSSR count). The summed E-state index contributed by atoms with van der Waals surface area (Å²) in [6.45, 7) is 14.6. The molecule has 3 N–H and O–H groups in total. The summed E-state index contributed by atoms with van der Waals surface area (Å²) in [4.78, 5) is 60.0. The Morgan fingerprint density at radius 2 is 1.77 bits per heavy atom. The Balaban J connectivity index is 1.04.